The van der Waals surface area contributed by atoms with Gasteiger partial charge in [-0.05, 0) is 18.1 Å². The van der Waals surface area contributed by atoms with Crippen molar-refractivity contribution >= 4 is 17.6 Å². The van der Waals surface area contributed by atoms with E-state index < -0.39 is 6.10 Å². The van der Waals surface area contributed by atoms with E-state index in [0.717, 1.165) is 5.69 Å². The Morgan fingerprint density at radius 3 is 2.55 bits per heavy atom. The van der Waals surface area contributed by atoms with E-state index in [-0.39, 0.29) is 30.0 Å². The Labute approximate surface area is 117 Å². The molecule has 4 unspecified atom stereocenters. The number of hydrogen-bond donors (Lipinski definition) is 1. The maximum absolute atomic E-state index is 11.3. The first-order valence-electron chi connectivity index (χ1n) is 6.76. The van der Waals surface area contributed by atoms with Crippen molar-refractivity contribution in [2.24, 2.45) is 0 Å². The van der Waals surface area contributed by atoms with Crippen LogP contribution in [-0.4, -0.2) is 30.2 Å². The fourth-order valence-electron chi connectivity index (χ4n) is 3.29. The summed E-state index contributed by atoms with van der Waals surface area (Å²) in [4.78, 5) is 22.5. The first-order valence-corrected chi connectivity index (χ1v) is 6.76. The van der Waals surface area contributed by atoms with Gasteiger partial charge >= 0.3 is 11.9 Å². The number of ether oxygens (including phenoxy) is 2. The van der Waals surface area contributed by atoms with E-state index in [1.807, 2.05) is 18.2 Å². The van der Waals surface area contributed by atoms with Crippen LogP contribution >= 0.6 is 0 Å². The largest absolute Gasteiger partial charge is 0.458 e. The number of hydrogen-bond acceptors (Lipinski definition) is 5. The Hall–Kier alpha value is -2.04. The predicted octanol–water partition coefficient (Wildman–Crippen LogP) is 1.83. The van der Waals surface area contributed by atoms with E-state index in [9.17, 15) is 9.59 Å². The number of anilines is 1. The van der Waals surface area contributed by atoms with Gasteiger partial charge in [0.1, 0.15) is 6.10 Å². The van der Waals surface area contributed by atoms with E-state index in [1.165, 1.54) is 19.4 Å². The van der Waals surface area contributed by atoms with Crippen LogP contribution in [0.1, 0.15) is 31.7 Å². The van der Waals surface area contributed by atoms with Gasteiger partial charge in [-0.3, -0.25) is 9.59 Å². The smallest absolute Gasteiger partial charge is 0.303 e. The summed E-state index contributed by atoms with van der Waals surface area (Å²) in [5.74, 6) is -0.495. The molecule has 3 rings (SSSR count). The molecule has 20 heavy (non-hydrogen) atoms. The summed E-state index contributed by atoms with van der Waals surface area (Å²) in [7, 11) is 0. The standard InChI is InChI=1S/C15H17NO4/c1-8(17)19-13-7-11-10-5-3-4-6-12(10)16-14(11)15(13)20-9(2)18/h3-6,11,13-16H,7H2,1-2H3. The molecule has 1 fully saturated rings. The monoisotopic (exact) mass is 275 g/mol. The van der Waals surface area contributed by atoms with E-state index >= 15 is 0 Å². The van der Waals surface area contributed by atoms with Crippen LogP contribution in [0.25, 0.3) is 0 Å². The van der Waals surface area contributed by atoms with Crippen LogP contribution in [0.2, 0.25) is 0 Å². The molecule has 0 radical (unpaired) electrons. The normalized spacial score (nSPS) is 30.1. The van der Waals surface area contributed by atoms with Gasteiger partial charge in [-0.2, -0.15) is 0 Å². The van der Waals surface area contributed by atoms with Gasteiger partial charge in [0, 0.05) is 25.5 Å². The molecule has 106 valence electrons. The Kier molecular flexibility index (Phi) is 3.12. The van der Waals surface area contributed by atoms with Crippen molar-refractivity contribution in [2.75, 3.05) is 5.32 Å². The number of nitrogens with one attached hydrogen (secondary N) is 1. The highest BCUT2D eigenvalue weighted by Gasteiger charge is 2.51. The fourth-order valence-corrected chi connectivity index (χ4v) is 3.29. The molecule has 4 atom stereocenters. The fraction of sp³-hybridized carbons (Fsp3) is 0.467. The molecule has 1 aromatic rings. The van der Waals surface area contributed by atoms with Crippen LogP contribution in [0.4, 0.5) is 5.69 Å². The zero-order chi connectivity index (χ0) is 14.3. The van der Waals surface area contributed by atoms with Gasteiger partial charge in [-0.15, -0.1) is 0 Å². The van der Waals surface area contributed by atoms with E-state index in [4.69, 9.17) is 9.47 Å². The number of esters is 2. The van der Waals surface area contributed by atoms with Gasteiger partial charge in [0.25, 0.3) is 0 Å². The molecular formula is C15H17NO4. The van der Waals surface area contributed by atoms with Crippen molar-refractivity contribution in [2.45, 2.75) is 44.4 Å². The molecule has 0 saturated heterocycles. The minimum absolute atomic E-state index is 0.0272. The molecule has 0 aromatic heterocycles. The highest BCUT2D eigenvalue weighted by Crippen LogP contribution is 2.47. The summed E-state index contributed by atoms with van der Waals surface area (Å²) >= 11 is 0. The minimum atomic E-state index is -0.436. The lowest BCUT2D eigenvalue weighted by Gasteiger charge is -2.24. The number of carbonyl (C=O) groups excluding carboxylic acids is 2. The highest BCUT2D eigenvalue weighted by molar-refractivity contribution is 5.69. The molecule has 5 nitrogen and oxygen atoms in total. The van der Waals surface area contributed by atoms with Crippen molar-refractivity contribution in [1.82, 2.24) is 0 Å². The number of benzene rings is 1. The minimum Gasteiger partial charge on any atom is -0.458 e. The molecule has 1 aliphatic carbocycles. The van der Waals surface area contributed by atoms with Crippen molar-refractivity contribution in [3.8, 4) is 0 Å². The Balaban J connectivity index is 1.88. The molecule has 5 heteroatoms. The highest BCUT2D eigenvalue weighted by atomic mass is 16.6. The van der Waals surface area contributed by atoms with Gasteiger partial charge in [-0.25, -0.2) is 0 Å². The molecule has 0 amide bonds. The van der Waals surface area contributed by atoms with Crippen molar-refractivity contribution < 1.29 is 19.1 Å². The van der Waals surface area contributed by atoms with Gasteiger partial charge in [0.15, 0.2) is 6.10 Å². The predicted molar refractivity (Wildman–Crippen MR) is 72.3 cm³/mol. The van der Waals surface area contributed by atoms with Crippen LogP contribution in [0.5, 0.6) is 0 Å². The lowest BCUT2D eigenvalue weighted by Crippen LogP contribution is -2.39. The van der Waals surface area contributed by atoms with Crippen LogP contribution in [0.3, 0.4) is 0 Å². The van der Waals surface area contributed by atoms with Crippen molar-refractivity contribution in [3.05, 3.63) is 29.8 Å². The second kappa shape index (κ2) is 4.81. The van der Waals surface area contributed by atoms with E-state index in [0.29, 0.717) is 6.42 Å². The third-order valence-corrected chi connectivity index (χ3v) is 3.94. The van der Waals surface area contributed by atoms with Crippen molar-refractivity contribution in [3.63, 3.8) is 0 Å². The Morgan fingerprint density at radius 2 is 1.85 bits per heavy atom. The maximum atomic E-state index is 11.3. The van der Waals surface area contributed by atoms with Gasteiger partial charge in [-0.1, -0.05) is 18.2 Å². The molecule has 1 aliphatic heterocycles. The lowest BCUT2D eigenvalue weighted by molar-refractivity contribution is -0.162. The van der Waals surface area contributed by atoms with Gasteiger partial charge in [0.05, 0.1) is 6.04 Å². The summed E-state index contributed by atoms with van der Waals surface area (Å²) < 4.78 is 10.7. The van der Waals surface area contributed by atoms with Crippen LogP contribution in [0, 0.1) is 0 Å². The number of fused-ring (bicyclic) bond motifs is 3. The first kappa shape index (κ1) is 13.0. The molecule has 1 N–H and O–H groups in total. The molecular weight excluding hydrogens is 258 g/mol. The lowest BCUT2D eigenvalue weighted by atomic mass is 9.97. The summed E-state index contributed by atoms with van der Waals surface area (Å²) in [6.07, 6.45) is -0.146. The Bertz CT molecular complexity index is 557. The molecule has 1 saturated carbocycles. The van der Waals surface area contributed by atoms with Crippen LogP contribution in [0.15, 0.2) is 24.3 Å². The summed E-state index contributed by atoms with van der Waals surface area (Å²) in [6.45, 7) is 2.75. The maximum Gasteiger partial charge on any atom is 0.303 e. The molecule has 0 bridgehead atoms. The summed E-state index contributed by atoms with van der Waals surface area (Å²) in [6, 6.07) is 8.01. The third kappa shape index (κ3) is 2.13. The number of rotatable bonds is 2. The quantitative estimate of drug-likeness (QED) is 0.834. The first-order chi connectivity index (χ1) is 9.56. The van der Waals surface area contributed by atoms with E-state index in [1.54, 1.807) is 0 Å². The van der Waals surface area contributed by atoms with Crippen LogP contribution < -0.4 is 5.32 Å². The van der Waals surface area contributed by atoms with E-state index in [2.05, 4.69) is 11.4 Å². The number of carbonyl (C=O) groups is 2. The van der Waals surface area contributed by atoms with Crippen LogP contribution in [-0.2, 0) is 19.1 Å². The van der Waals surface area contributed by atoms with Gasteiger partial charge < -0.3 is 14.8 Å². The molecule has 0 spiro atoms. The third-order valence-electron chi connectivity index (χ3n) is 3.94. The van der Waals surface area contributed by atoms with Crippen molar-refractivity contribution in [1.29, 1.82) is 0 Å². The molecule has 1 aromatic carbocycles. The topological polar surface area (TPSA) is 64.6 Å². The number of para-hydroxylation sites is 1. The summed E-state index contributed by atoms with van der Waals surface area (Å²) in [5.41, 5.74) is 2.27. The zero-order valence-corrected chi connectivity index (χ0v) is 11.5. The van der Waals surface area contributed by atoms with Gasteiger partial charge in [0.2, 0.25) is 0 Å². The average molecular weight is 275 g/mol. The molecule has 1 heterocycles. The second-order valence-electron chi connectivity index (χ2n) is 5.32. The molecule has 2 aliphatic rings. The Morgan fingerprint density at radius 1 is 1.15 bits per heavy atom. The summed E-state index contributed by atoms with van der Waals surface area (Å²) in [5, 5.41) is 3.39. The SMILES string of the molecule is CC(=O)OC1CC2c3ccccc3NC2C1OC(C)=O. The average Bonchev–Trinajstić information content (AvgIpc) is 2.87. The second-order valence-corrected chi connectivity index (χ2v) is 5.32. The zero-order valence-electron chi connectivity index (χ0n) is 11.5.